The van der Waals surface area contributed by atoms with Gasteiger partial charge in [-0.25, -0.2) is 4.39 Å². The van der Waals surface area contributed by atoms with Crippen LogP contribution in [0.5, 0.6) is 0 Å². The fraction of sp³-hybridized carbons (Fsp3) is 0.500. The predicted octanol–water partition coefficient (Wildman–Crippen LogP) is 3.18. The van der Waals surface area contributed by atoms with Crippen molar-refractivity contribution in [1.29, 1.82) is 0 Å². The van der Waals surface area contributed by atoms with Crippen LogP contribution in [0.1, 0.15) is 38.8 Å². The molecule has 3 nitrogen and oxygen atoms in total. The van der Waals surface area contributed by atoms with Gasteiger partial charge in [0.2, 0.25) is 0 Å². The summed E-state index contributed by atoms with van der Waals surface area (Å²) in [6.07, 6.45) is 0. The minimum absolute atomic E-state index is 0.0661. The van der Waals surface area contributed by atoms with E-state index in [9.17, 15) is 17.7 Å². The molecule has 0 bridgehead atoms. The first-order valence-electron chi connectivity index (χ1n) is 6.26. The zero-order chi connectivity index (χ0) is 16.4. The van der Waals surface area contributed by atoms with Crippen LogP contribution < -0.4 is 0 Å². The van der Waals surface area contributed by atoms with E-state index in [1.807, 2.05) is 0 Å². The number of hydrogen-bond donors (Lipinski definition) is 1. The Kier molecular flexibility index (Phi) is 5.46. The normalized spacial score (nSPS) is 15.2. The number of hydrogen-bond acceptors (Lipinski definition) is 3. The Morgan fingerprint density at radius 2 is 1.90 bits per heavy atom. The first-order chi connectivity index (χ1) is 9.50. The molecule has 1 rings (SSSR count). The van der Waals surface area contributed by atoms with Gasteiger partial charge in [-0.1, -0.05) is 16.5 Å². The van der Waals surface area contributed by atoms with Crippen LogP contribution in [0.4, 0.5) is 13.2 Å². The molecule has 0 radical (unpaired) electrons. The van der Waals surface area contributed by atoms with Crippen molar-refractivity contribution in [2.24, 2.45) is 4.40 Å². The van der Waals surface area contributed by atoms with Crippen LogP contribution in [-0.4, -0.2) is 26.7 Å². The van der Waals surface area contributed by atoms with E-state index >= 15 is 0 Å². The summed E-state index contributed by atoms with van der Waals surface area (Å²) < 4.78 is 56.2. The topological polar surface area (TPSA) is 55.7 Å². The van der Waals surface area contributed by atoms with Gasteiger partial charge in [0.05, 0.1) is 11.3 Å². The van der Waals surface area contributed by atoms with Gasteiger partial charge >= 0.3 is 0 Å². The van der Waals surface area contributed by atoms with Crippen LogP contribution >= 0.6 is 0 Å². The van der Waals surface area contributed by atoms with Gasteiger partial charge in [-0.3, -0.25) is 0 Å². The summed E-state index contributed by atoms with van der Waals surface area (Å²) in [4.78, 5) is 0. The summed E-state index contributed by atoms with van der Waals surface area (Å²) in [7, 11) is 0. The highest BCUT2D eigenvalue weighted by molar-refractivity contribution is 7.91. The van der Waals surface area contributed by atoms with Crippen molar-refractivity contribution in [1.82, 2.24) is 0 Å². The van der Waals surface area contributed by atoms with Crippen molar-refractivity contribution in [2.45, 2.75) is 38.4 Å². The van der Waals surface area contributed by atoms with Crippen LogP contribution in [0.2, 0.25) is 0 Å². The molecule has 7 heteroatoms. The zero-order valence-corrected chi connectivity index (χ0v) is 13.1. The number of halogens is 3. The van der Waals surface area contributed by atoms with Crippen molar-refractivity contribution in [3.8, 4) is 0 Å². The highest BCUT2D eigenvalue weighted by Gasteiger charge is 2.35. The quantitative estimate of drug-likeness (QED) is 0.684. The molecule has 0 saturated heterocycles. The van der Waals surface area contributed by atoms with Crippen LogP contribution in [0, 0.1) is 5.82 Å². The zero-order valence-electron chi connectivity index (χ0n) is 12.3. The molecule has 0 aliphatic rings. The molecule has 0 fully saturated rings. The maximum atomic E-state index is 14.2. The first-order valence-corrected chi connectivity index (χ1v) is 7.36. The van der Waals surface area contributed by atoms with Gasteiger partial charge in [-0.15, -0.1) is 0 Å². The second-order valence-corrected chi connectivity index (χ2v) is 7.47. The Bertz CT molecular complexity index is 542. The Balaban J connectivity index is 3.27. The van der Waals surface area contributed by atoms with Crippen molar-refractivity contribution in [2.75, 3.05) is 6.61 Å². The lowest BCUT2D eigenvalue weighted by Crippen LogP contribution is -2.27. The molecule has 118 valence electrons. The van der Waals surface area contributed by atoms with E-state index in [0.717, 1.165) is 6.07 Å². The number of aliphatic hydroxyl groups is 1. The molecule has 1 aromatic rings. The minimum atomic E-state index is -3.68. The highest BCUT2D eigenvalue weighted by Crippen LogP contribution is 2.31. The molecule has 1 aromatic carbocycles. The van der Waals surface area contributed by atoms with E-state index in [2.05, 4.69) is 4.40 Å². The number of nitrogens with zero attached hydrogens (tertiary/aromatic N) is 1. The molecule has 0 aromatic heterocycles. The number of aliphatic hydroxyl groups excluding tert-OH is 1. The third-order valence-electron chi connectivity index (χ3n) is 2.72. The number of rotatable bonds is 4. The van der Waals surface area contributed by atoms with E-state index in [4.69, 9.17) is 5.11 Å². The van der Waals surface area contributed by atoms with Gasteiger partial charge in [0, 0.05) is 5.56 Å². The predicted molar refractivity (Wildman–Crippen MR) is 77.5 cm³/mol. The molecule has 0 aliphatic carbocycles. The van der Waals surface area contributed by atoms with Gasteiger partial charge in [-0.05, 0) is 33.8 Å². The minimum Gasteiger partial charge on any atom is -0.591 e. The van der Waals surface area contributed by atoms with Gasteiger partial charge in [0.1, 0.15) is 28.5 Å². The summed E-state index contributed by atoms with van der Waals surface area (Å²) in [5.41, 5.74) is -0.992. The van der Waals surface area contributed by atoms with Crippen LogP contribution in [0.15, 0.2) is 22.6 Å². The fourth-order valence-electron chi connectivity index (χ4n) is 1.49. The third kappa shape index (κ3) is 4.21. The molecule has 0 heterocycles. The monoisotopic (exact) mass is 321 g/mol. The van der Waals surface area contributed by atoms with Crippen LogP contribution in [-0.2, 0) is 17.3 Å². The molecule has 1 N–H and O–H groups in total. The highest BCUT2D eigenvalue weighted by atomic mass is 32.2. The molecule has 0 aliphatic heterocycles. The van der Waals surface area contributed by atoms with Crippen LogP contribution in [0.3, 0.4) is 0 Å². The number of benzene rings is 1. The smallest absolute Gasteiger partial charge is 0.298 e. The van der Waals surface area contributed by atoms with E-state index in [1.165, 1.54) is 19.1 Å². The molecule has 21 heavy (non-hydrogen) atoms. The van der Waals surface area contributed by atoms with Gasteiger partial charge in [-0.2, -0.15) is 8.78 Å². The Labute approximate surface area is 125 Å². The Morgan fingerprint density at radius 3 is 2.38 bits per heavy atom. The average molecular weight is 321 g/mol. The van der Waals surface area contributed by atoms with Crippen molar-refractivity contribution < 1.29 is 22.8 Å². The molecular weight excluding hydrogens is 303 g/mol. The number of alkyl halides is 2. The lowest BCUT2D eigenvalue weighted by atomic mass is 10.0. The Morgan fingerprint density at radius 1 is 1.33 bits per heavy atom. The molecular formula is C14H18F3NO2S. The van der Waals surface area contributed by atoms with Crippen molar-refractivity contribution in [3.05, 3.63) is 35.1 Å². The van der Waals surface area contributed by atoms with Gasteiger partial charge in [0.15, 0.2) is 0 Å². The summed E-state index contributed by atoms with van der Waals surface area (Å²) >= 11 is -1.62. The molecule has 0 amide bonds. The summed E-state index contributed by atoms with van der Waals surface area (Å²) in [6, 6.07) is 3.43. The second kappa shape index (κ2) is 6.37. The molecule has 0 saturated carbocycles. The molecule has 0 unspecified atom stereocenters. The maximum absolute atomic E-state index is 14.2. The first kappa shape index (κ1) is 18.0. The largest absolute Gasteiger partial charge is 0.591 e. The summed E-state index contributed by atoms with van der Waals surface area (Å²) in [5.74, 6) is -4.84. The second-order valence-electron chi connectivity index (χ2n) is 5.57. The summed E-state index contributed by atoms with van der Waals surface area (Å²) in [5, 5.41) is 8.66. The Hall–Kier alpha value is -1.05. The standard InChI is InChI=1S/C14H18F3NO2S/c1-9(18-21(20)13(2,3)4)10-6-5-7-11(12(10)15)14(16,17)8-19/h5-7,19H,8H2,1-4H3/b18-9+/t21-/m1/s1. The van der Waals surface area contributed by atoms with Crippen molar-refractivity contribution in [3.63, 3.8) is 0 Å². The molecule has 1 atom stereocenters. The average Bonchev–Trinajstić information content (AvgIpc) is 2.37. The van der Waals surface area contributed by atoms with Crippen molar-refractivity contribution >= 4 is 17.1 Å². The lowest BCUT2D eigenvalue weighted by Gasteiger charge is -2.19. The van der Waals surface area contributed by atoms with E-state index in [-0.39, 0.29) is 11.3 Å². The van der Waals surface area contributed by atoms with Gasteiger partial charge in [0.25, 0.3) is 5.92 Å². The molecule has 0 spiro atoms. The summed E-state index contributed by atoms with van der Waals surface area (Å²) in [6.45, 7) is 5.02. The third-order valence-corrected chi connectivity index (χ3v) is 4.21. The van der Waals surface area contributed by atoms with Gasteiger partial charge < -0.3 is 9.66 Å². The maximum Gasteiger partial charge on any atom is 0.298 e. The van der Waals surface area contributed by atoms with E-state index in [1.54, 1.807) is 20.8 Å². The van der Waals surface area contributed by atoms with E-state index in [0.29, 0.717) is 0 Å². The lowest BCUT2D eigenvalue weighted by molar-refractivity contribution is -0.0582. The van der Waals surface area contributed by atoms with E-state index < -0.39 is 40.0 Å². The van der Waals surface area contributed by atoms with Crippen LogP contribution in [0.25, 0.3) is 0 Å². The SMILES string of the molecule is C/C(=N\[S@+]([O-])C(C)(C)C)c1cccc(C(F)(F)CO)c1F. The fourth-order valence-corrected chi connectivity index (χ4v) is 2.11.